The number of hydrogen-bond acceptors (Lipinski definition) is 2. The van der Waals surface area contributed by atoms with Crippen LogP contribution in [0.5, 0.6) is 0 Å². The first kappa shape index (κ1) is 10.6. The largest absolute Gasteiger partial charge is 0.241 e. The van der Waals surface area contributed by atoms with Gasteiger partial charge in [-0.15, -0.1) is 0 Å². The van der Waals surface area contributed by atoms with Crippen LogP contribution in [0, 0.1) is 5.82 Å². The SMILES string of the molecule is NS(=O)(=O)c1c(F)cccc1C1CCC1. The van der Waals surface area contributed by atoms with Crippen LogP contribution in [-0.4, -0.2) is 8.42 Å². The first-order valence-corrected chi connectivity index (χ1v) is 6.36. The molecule has 1 saturated carbocycles. The van der Waals surface area contributed by atoms with Crippen molar-refractivity contribution in [1.29, 1.82) is 0 Å². The summed E-state index contributed by atoms with van der Waals surface area (Å²) < 4.78 is 35.9. The van der Waals surface area contributed by atoms with E-state index in [1.807, 2.05) is 0 Å². The second-order valence-electron chi connectivity index (χ2n) is 3.83. The third-order valence-electron chi connectivity index (χ3n) is 2.83. The summed E-state index contributed by atoms with van der Waals surface area (Å²) in [7, 11) is -3.96. The molecule has 0 heterocycles. The maximum atomic E-state index is 13.4. The van der Waals surface area contributed by atoms with Gasteiger partial charge in [-0.05, 0) is 30.4 Å². The van der Waals surface area contributed by atoms with Crippen LogP contribution in [0.2, 0.25) is 0 Å². The van der Waals surface area contributed by atoms with Gasteiger partial charge in [-0.3, -0.25) is 0 Å². The van der Waals surface area contributed by atoms with E-state index < -0.39 is 15.8 Å². The third kappa shape index (κ3) is 1.89. The predicted molar refractivity (Wildman–Crippen MR) is 54.4 cm³/mol. The van der Waals surface area contributed by atoms with Gasteiger partial charge in [0.2, 0.25) is 10.0 Å². The number of rotatable bonds is 2. The highest BCUT2D eigenvalue weighted by atomic mass is 32.2. The molecule has 1 fully saturated rings. The first-order valence-electron chi connectivity index (χ1n) is 4.81. The summed E-state index contributed by atoms with van der Waals surface area (Å²) in [6, 6.07) is 4.30. The highest BCUT2D eigenvalue weighted by Crippen LogP contribution is 2.39. The number of nitrogens with two attached hydrogens (primary N) is 1. The highest BCUT2D eigenvalue weighted by Gasteiger charge is 2.28. The Morgan fingerprint density at radius 2 is 2.00 bits per heavy atom. The first-order chi connectivity index (χ1) is 7.00. The van der Waals surface area contributed by atoms with Crippen molar-refractivity contribution in [3.05, 3.63) is 29.6 Å². The van der Waals surface area contributed by atoms with Crippen LogP contribution < -0.4 is 5.14 Å². The summed E-state index contributed by atoms with van der Waals surface area (Å²) >= 11 is 0. The Kier molecular flexibility index (Phi) is 2.52. The molecule has 0 saturated heterocycles. The molecule has 1 aromatic rings. The highest BCUT2D eigenvalue weighted by molar-refractivity contribution is 7.89. The Morgan fingerprint density at radius 1 is 1.33 bits per heavy atom. The molecule has 0 atom stereocenters. The second-order valence-corrected chi connectivity index (χ2v) is 5.33. The zero-order valence-corrected chi connectivity index (χ0v) is 8.93. The zero-order chi connectivity index (χ0) is 11.1. The second kappa shape index (κ2) is 3.57. The Balaban J connectivity index is 2.58. The molecule has 2 rings (SSSR count). The molecule has 1 aliphatic carbocycles. The van der Waals surface area contributed by atoms with Gasteiger partial charge in [0.15, 0.2) is 0 Å². The molecule has 0 spiro atoms. The summed E-state index contributed by atoms with van der Waals surface area (Å²) in [4.78, 5) is -0.324. The average Bonchev–Trinajstić information content (AvgIpc) is 1.97. The maximum absolute atomic E-state index is 13.4. The van der Waals surface area contributed by atoms with E-state index in [1.54, 1.807) is 6.07 Å². The molecule has 2 N–H and O–H groups in total. The Labute approximate surface area is 88.2 Å². The topological polar surface area (TPSA) is 60.2 Å². The molecular formula is C10H12FNO2S. The zero-order valence-electron chi connectivity index (χ0n) is 8.11. The van der Waals surface area contributed by atoms with E-state index in [1.165, 1.54) is 6.07 Å². The van der Waals surface area contributed by atoms with Crippen molar-refractivity contribution in [2.45, 2.75) is 30.1 Å². The molecule has 82 valence electrons. The lowest BCUT2D eigenvalue weighted by atomic mass is 9.80. The molecule has 0 unspecified atom stereocenters. The van der Waals surface area contributed by atoms with Crippen LogP contribution >= 0.6 is 0 Å². The van der Waals surface area contributed by atoms with Gasteiger partial charge in [0.05, 0.1) is 0 Å². The Morgan fingerprint density at radius 3 is 2.47 bits per heavy atom. The summed E-state index contributed by atoms with van der Waals surface area (Å²) in [5.41, 5.74) is 0.531. The Bertz CT molecular complexity index is 480. The van der Waals surface area contributed by atoms with Gasteiger partial charge in [-0.1, -0.05) is 18.6 Å². The molecule has 3 nitrogen and oxygen atoms in total. The number of benzene rings is 1. The fourth-order valence-corrected chi connectivity index (χ4v) is 2.77. The lowest BCUT2D eigenvalue weighted by molar-refractivity contribution is 0.409. The molecular weight excluding hydrogens is 217 g/mol. The monoisotopic (exact) mass is 229 g/mol. The lowest BCUT2D eigenvalue weighted by Crippen LogP contribution is -2.20. The van der Waals surface area contributed by atoms with Gasteiger partial charge in [-0.25, -0.2) is 17.9 Å². The van der Waals surface area contributed by atoms with Crippen LogP contribution in [0.15, 0.2) is 23.1 Å². The number of hydrogen-bond donors (Lipinski definition) is 1. The van der Waals surface area contributed by atoms with E-state index in [0.717, 1.165) is 25.3 Å². The molecule has 0 aromatic heterocycles. The van der Waals surface area contributed by atoms with Crippen molar-refractivity contribution >= 4 is 10.0 Å². The number of primary sulfonamides is 1. The summed E-state index contributed by atoms with van der Waals surface area (Å²) in [6.07, 6.45) is 2.88. The average molecular weight is 229 g/mol. The summed E-state index contributed by atoms with van der Waals surface area (Å²) in [5, 5.41) is 5.01. The van der Waals surface area contributed by atoms with E-state index in [0.29, 0.717) is 5.56 Å². The van der Waals surface area contributed by atoms with Crippen molar-refractivity contribution in [3.8, 4) is 0 Å². The smallest absolute Gasteiger partial charge is 0.225 e. The van der Waals surface area contributed by atoms with Gasteiger partial charge in [0, 0.05) is 0 Å². The van der Waals surface area contributed by atoms with Gasteiger partial charge in [0.25, 0.3) is 0 Å². The van der Waals surface area contributed by atoms with Crippen LogP contribution in [0.1, 0.15) is 30.7 Å². The molecule has 0 amide bonds. The van der Waals surface area contributed by atoms with Gasteiger partial charge >= 0.3 is 0 Å². The van der Waals surface area contributed by atoms with Crippen molar-refractivity contribution < 1.29 is 12.8 Å². The summed E-state index contributed by atoms with van der Waals surface area (Å²) in [6.45, 7) is 0. The molecule has 0 aliphatic heterocycles. The molecule has 1 aromatic carbocycles. The van der Waals surface area contributed by atoms with Crippen molar-refractivity contribution in [2.24, 2.45) is 5.14 Å². The fraction of sp³-hybridized carbons (Fsp3) is 0.400. The minimum atomic E-state index is -3.96. The maximum Gasteiger partial charge on any atom is 0.241 e. The van der Waals surface area contributed by atoms with E-state index >= 15 is 0 Å². The standard InChI is InChI=1S/C10H12FNO2S/c11-9-6-2-5-8(7-3-1-4-7)10(9)15(12,13)14/h2,5-7H,1,3-4H2,(H2,12,13,14). The van der Waals surface area contributed by atoms with Gasteiger partial charge < -0.3 is 0 Å². The number of halogens is 1. The molecule has 5 heteroatoms. The number of sulfonamides is 1. The predicted octanol–water partition coefficient (Wildman–Crippen LogP) is 1.74. The molecule has 1 aliphatic rings. The van der Waals surface area contributed by atoms with Crippen molar-refractivity contribution in [1.82, 2.24) is 0 Å². The molecule has 0 bridgehead atoms. The van der Waals surface area contributed by atoms with Crippen molar-refractivity contribution in [3.63, 3.8) is 0 Å². The van der Waals surface area contributed by atoms with E-state index in [9.17, 15) is 12.8 Å². The third-order valence-corrected chi connectivity index (χ3v) is 3.83. The van der Waals surface area contributed by atoms with E-state index in [-0.39, 0.29) is 10.8 Å². The summed E-state index contributed by atoms with van der Waals surface area (Å²) in [5.74, 6) is -0.601. The van der Waals surface area contributed by atoms with Crippen LogP contribution in [0.3, 0.4) is 0 Å². The van der Waals surface area contributed by atoms with Crippen LogP contribution in [-0.2, 0) is 10.0 Å². The van der Waals surface area contributed by atoms with E-state index in [2.05, 4.69) is 0 Å². The van der Waals surface area contributed by atoms with Gasteiger partial charge in [0.1, 0.15) is 10.7 Å². The Hall–Kier alpha value is -0.940. The van der Waals surface area contributed by atoms with Crippen molar-refractivity contribution in [2.75, 3.05) is 0 Å². The quantitative estimate of drug-likeness (QED) is 0.839. The fourth-order valence-electron chi connectivity index (χ4n) is 1.87. The van der Waals surface area contributed by atoms with Crippen LogP contribution in [0.25, 0.3) is 0 Å². The van der Waals surface area contributed by atoms with Crippen LogP contribution in [0.4, 0.5) is 4.39 Å². The normalized spacial score (nSPS) is 17.5. The lowest BCUT2D eigenvalue weighted by Gasteiger charge is -2.27. The minimum Gasteiger partial charge on any atom is -0.225 e. The molecule has 15 heavy (non-hydrogen) atoms. The molecule has 0 radical (unpaired) electrons. The van der Waals surface area contributed by atoms with E-state index in [4.69, 9.17) is 5.14 Å². The van der Waals surface area contributed by atoms with Gasteiger partial charge in [-0.2, -0.15) is 0 Å². The minimum absolute atomic E-state index is 0.147.